The van der Waals surface area contributed by atoms with E-state index in [0.717, 1.165) is 12.8 Å². The van der Waals surface area contributed by atoms with Gasteiger partial charge in [-0.15, -0.1) is 0 Å². The number of allylic oxidation sites excluding steroid dienone is 2. The predicted molar refractivity (Wildman–Crippen MR) is 35.7 cm³/mol. The molecule has 0 aromatic rings. The second-order valence-corrected chi connectivity index (χ2v) is 2.25. The molecule has 1 aliphatic carbocycles. The Bertz CT molecular complexity index is 216. The first-order valence-corrected chi connectivity index (χ1v) is 3.30. The van der Waals surface area contributed by atoms with Crippen LogP contribution in [-0.2, 0) is 14.3 Å². The average molecular weight is 156 g/mol. The van der Waals surface area contributed by atoms with Crippen LogP contribution >= 0.6 is 0 Å². The molecule has 0 fully saturated rings. The Hall–Kier alpha value is -1.32. The number of ether oxygens (including phenoxy) is 1. The third kappa shape index (κ3) is 2.41. The molecule has 0 radical (unpaired) electrons. The van der Waals surface area contributed by atoms with Gasteiger partial charge in [0, 0.05) is 6.42 Å². The largest absolute Gasteiger partial charge is 0.481 e. The summed E-state index contributed by atoms with van der Waals surface area (Å²) in [6, 6.07) is 0. The standard InChI is InChI=1S/C7H8O4/c8-6(9)4-7(10)11-5-2-1-3-5/h2H,1,3-4H2,(H,8,9). The minimum Gasteiger partial charge on any atom is -0.481 e. The van der Waals surface area contributed by atoms with Crippen LogP contribution in [0.4, 0.5) is 0 Å². The van der Waals surface area contributed by atoms with E-state index >= 15 is 0 Å². The Labute approximate surface area is 63.5 Å². The highest BCUT2D eigenvalue weighted by molar-refractivity contribution is 5.90. The fraction of sp³-hybridized carbons (Fsp3) is 0.429. The summed E-state index contributed by atoms with van der Waals surface area (Å²) in [4.78, 5) is 20.6. The van der Waals surface area contributed by atoms with Gasteiger partial charge in [-0.05, 0) is 12.5 Å². The van der Waals surface area contributed by atoms with Gasteiger partial charge >= 0.3 is 11.9 Å². The molecular weight excluding hydrogens is 148 g/mol. The third-order valence-electron chi connectivity index (χ3n) is 1.30. The Kier molecular flexibility index (Phi) is 2.25. The summed E-state index contributed by atoms with van der Waals surface area (Å²) in [6.07, 6.45) is 2.86. The van der Waals surface area contributed by atoms with Gasteiger partial charge in [0.1, 0.15) is 12.2 Å². The summed E-state index contributed by atoms with van der Waals surface area (Å²) in [5, 5.41) is 8.17. The molecule has 1 rings (SSSR count). The highest BCUT2D eigenvalue weighted by atomic mass is 16.5. The Morgan fingerprint density at radius 1 is 1.64 bits per heavy atom. The molecular formula is C7H8O4. The highest BCUT2D eigenvalue weighted by Gasteiger charge is 2.14. The molecule has 0 atom stereocenters. The van der Waals surface area contributed by atoms with Crippen molar-refractivity contribution in [3.05, 3.63) is 11.8 Å². The first kappa shape index (κ1) is 7.78. The summed E-state index contributed by atoms with van der Waals surface area (Å²) in [5.41, 5.74) is 0. The van der Waals surface area contributed by atoms with Crippen molar-refractivity contribution in [2.75, 3.05) is 0 Å². The van der Waals surface area contributed by atoms with Gasteiger partial charge < -0.3 is 9.84 Å². The lowest BCUT2D eigenvalue weighted by Gasteiger charge is -2.12. The maximum Gasteiger partial charge on any atom is 0.322 e. The molecule has 11 heavy (non-hydrogen) atoms. The van der Waals surface area contributed by atoms with Crippen LogP contribution in [0.3, 0.4) is 0 Å². The minimum absolute atomic E-state index is 0.558. The summed E-state index contributed by atoms with van der Waals surface area (Å²) in [7, 11) is 0. The average Bonchev–Trinajstić information content (AvgIpc) is 1.77. The molecule has 0 aromatic heterocycles. The van der Waals surface area contributed by atoms with Crippen LogP contribution < -0.4 is 0 Å². The van der Waals surface area contributed by atoms with Crippen molar-refractivity contribution in [3.8, 4) is 0 Å². The van der Waals surface area contributed by atoms with E-state index in [0.29, 0.717) is 5.76 Å². The second kappa shape index (κ2) is 3.18. The van der Waals surface area contributed by atoms with Crippen molar-refractivity contribution < 1.29 is 19.4 Å². The molecule has 4 heteroatoms. The summed E-state index contributed by atoms with van der Waals surface area (Å²) in [5.74, 6) is -1.25. The molecule has 0 aromatic carbocycles. The van der Waals surface area contributed by atoms with Crippen molar-refractivity contribution in [2.24, 2.45) is 0 Å². The number of aliphatic carboxylic acids is 1. The predicted octanol–water partition coefficient (Wildman–Crippen LogP) is 0.682. The zero-order valence-corrected chi connectivity index (χ0v) is 5.87. The minimum atomic E-state index is -1.16. The molecule has 0 aliphatic heterocycles. The number of carboxylic acids is 1. The summed E-state index contributed by atoms with van der Waals surface area (Å²) >= 11 is 0. The van der Waals surface area contributed by atoms with E-state index in [1.54, 1.807) is 6.08 Å². The van der Waals surface area contributed by atoms with Crippen molar-refractivity contribution >= 4 is 11.9 Å². The molecule has 0 saturated heterocycles. The lowest BCUT2D eigenvalue weighted by molar-refractivity contribution is -0.148. The first-order valence-electron chi connectivity index (χ1n) is 3.30. The maximum atomic E-state index is 10.6. The monoisotopic (exact) mass is 156 g/mol. The Morgan fingerprint density at radius 2 is 2.27 bits per heavy atom. The van der Waals surface area contributed by atoms with Gasteiger partial charge in [0.25, 0.3) is 0 Å². The molecule has 4 nitrogen and oxygen atoms in total. The fourth-order valence-electron chi connectivity index (χ4n) is 0.661. The van der Waals surface area contributed by atoms with E-state index in [9.17, 15) is 9.59 Å². The molecule has 1 N–H and O–H groups in total. The molecule has 0 heterocycles. The van der Waals surface area contributed by atoms with Crippen molar-refractivity contribution in [2.45, 2.75) is 19.3 Å². The van der Waals surface area contributed by atoms with Crippen LogP contribution in [0, 0.1) is 0 Å². The summed E-state index contributed by atoms with van der Waals surface area (Å²) < 4.78 is 4.64. The van der Waals surface area contributed by atoms with Gasteiger partial charge in [0.05, 0.1) is 0 Å². The quantitative estimate of drug-likeness (QED) is 0.482. The van der Waals surface area contributed by atoms with Gasteiger partial charge in [-0.3, -0.25) is 9.59 Å². The lowest BCUT2D eigenvalue weighted by atomic mass is 10.1. The van der Waals surface area contributed by atoms with Crippen LogP contribution in [-0.4, -0.2) is 17.0 Å². The number of esters is 1. The number of hydrogen-bond donors (Lipinski definition) is 1. The van der Waals surface area contributed by atoms with Gasteiger partial charge in [0.15, 0.2) is 0 Å². The molecule has 0 saturated carbocycles. The van der Waals surface area contributed by atoms with E-state index in [-0.39, 0.29) is 0 Å². The molecule has 0 unspecified atom stereocenters. The first-order chi connectivity index (χ1) is 5.18. The van der Waals surface area contributed by atoms with Crippen LogP contribution in [0.1, 0.15) is 19.3 Å². The maximum absolute atomic E-state index is 10.6. The van der Waals surface area contributed by atoms with E-state index in [1.807, 2.05) is 0 Å². The Balaban J connectivity index is 2.26. The van der Waals surface area contributed by atoms with Crippen LogP contribution in [0.2, 0.25) is 0 Å². The number of carbonyl (C=O) groups excluding carboxylic acids is 1. The zero-order chi connectivity index (χ0) is 8.27. The van der Waals surface area contributed by atoms with Crippen molar-refractivity contribution in [1.82, 2.24) is 0 Å². The van der Waals surface area contributed by atoms with Crippen molar-refractivity contribution in [3.63, 3.8) is 0 Å². The number of carbonyl (C=O) groups is 2. The van der Waals surface area contributed by atoms with E-state index in [1.165, 1.54) is 0 Å². The van der Waals surface area contributed by atoms with Crippen molar-refractivity contribution in [1.29, 1.82) is 0 Å². The van der Waals surface area contributed by atoms with Gasteiger partial charge in [0.2, 0.25) is 0 Å². The van der Waals surface area contributed by atoms with Gasteiger partial charge in [-0.1, -0.05) is 0 Å². The van der Waals surface area contributed by atoms with Crippen LogP contribution in [0.15, 0.2) is 11.8 Å². The van der Waals surface area contributed by atoms with E-state index in [2.05, 4.69) is 4.74 Å². The lowest BCUT2D eigenvalue weighted by Crippen LogP contribution is -2.12. The highest BCUT2D eigenvalue weighted by Crippen LogP contribution is 2.19. The topological polar surface area (TPSA) is 63.6 Å². The third-order valence-corrected chi connectivity index (χ3v) is 1.30. The SMILES string of the molecule is O=C(O)CC(=O)OC1=CCC1. The molecule has 0 bridgehead atoms. The molecule has 60 valence electrons. The van der Waals surface area contributed by atoms with Gasteiger partial charge in [-0.2, -0.15) is 0 Å². The zero-order valence-electron chi connectivity index (χ0n) is 5.87. The second-order valence-electron chi connectivity index (χ2n) is 2.25. The molecule has 0 spiro atoms. The molecule has 0 amide bonds. The number of hydrogen-bond acceptors (Lipinski definition) is 3. The Morgan fingerprint density at radius 3 is 2.64 bits per heavy atom. The van der Waals surface area contributed by atoms with E-state index < -0.39 is 18.4 Å². The van der Waals surface area contributed by atoms with E-state index in [4.69, 9.17) is 5.11 Å². The van der Waals surface area contributed by atoms with Gasteiger partial charge in [-0.25, -0.2) is 0 Å². The smallest absolute Gasteiger partial charge is 0.322 e. The number of carboxylic acid groups (broad SMARTS) is 1. The summed E-state index contributed by atoms with van der Waals surface area (Å²) in [6.45, 7) is 0. The van der Waals surface area contributed by atoms with Crippen LogP contribution in [0.5, 0.6) is 0 Å². The van der Waals surface area contributed by atoms with Crippen LogP contribution in [0.25, 0.3) is 0 Å². The normalized spacial score (nSPS) is 14.7. The number of rotatable bonds is 3. The fourth-order valence-corrected chi connectivity index (χ4v) is 0.661. The molecule has 1 aliphatic rings.